The highest BCUT2D eigenvalue weighted by molar-refractivity contribution is 6.12. The summed E-state index contributed by atoms with van der Waals surface area (Å²) in [5, 5.41) is 4.59. The Kier molecular flexibility index (Phi) is 7.14. The maximum atomic E-state index is 6.79. The molecule has 3 heteroatoms. The molecule has 0 atom stereocenters. The lowest BCUT2D eigenvalue weighted by atomic mass is 9.67. The van der Waals surface area contributed by atoms with E-state index < -0.39 is 5.41 Å². The van der Waals surface area contributed by atoms with Crippen molar-refractivity contribution in [3.8, 4) is 16.8 Å². The van der Waals surface area contributed by atoms with Crippen molar-refractivity contribution in [3.63, 3.8) is 0 Å². The number of rotatable bonds is 6. The summed E-state index contributed by atoms with van der Waals surface area (Å²) in [4.78, 5) is 2.47. The molecule has 1 aliphatic carbocycles. The Balaban J connectivity index is 1.23. The molecule has 0 saturated carbocycles. The SMILES string of the molecule is c1ccc(N(c2ccc3c(c2)c2ccccc2n3-c2ccccc2)c2cc3c(cc2C2(c4ccccc4)c4ccccc4-c4ccccc42)oc2ccccc23)cc1. The molecule has 3 nitrogen and oxygen atoms in total. The maximum absolute atomic E-state index is 6.79. The van der Waals surface area contributed by atoms with Gasteiger partial charge in [0, 0.05) is 38.6 Å². The summed E-state index contributed by atoms with van der Waals surface area (Å²) in [7, 11) is 0. The second-order valence-electron chi connectivity index (χ2n) is 15.2. The van der Waals surface area contributed by atoms with Gasteiger partial charge >= 0.3 is 0 Å². The number of nitrogens with zero attached hydrogens (tertiary/aromatic N) is 2. The number of furan rings is 1. The zero-order valence-corrected chi connectivity index (χ0v) is 31.6. The Bertz CT molecular complexity index is 3300. The molecule has 0 saturated heterocycles. The van der Waals surface area contributed by atoms with Crippen molar-refractivity contribution in [1.82, 2.24) is 4.57 Å². The van der Waals surface area contributed by atoms with Crippen LogP contribution in [0.4, 0.5) is 17.1 Å². The van der Waals surface area contributed by atoms with Gasteiger partial charge in [-0.3, -0.25) is 0 Å². The maximum Gasteiger partial charge on any atom is 0.135 e. The highest BCUT2D eigenvalue weighted by Gasteiger charge is 2.48. The number of para-hydroxylation sites is 4. The first-order chi connectivity index (χ1) is 28.8. The smallest absolute Gasteiger partial charge is 0.135 e. The van der Waals surface area contributed by atoms with Crippen LogP contribution in [0, 0.1) is 0 Å². The van der Waals surface area contributed by atoms with Gasteiger partial charge in [0.05, 0.1) is 22.1 Å². The van der Waals surface area contributed by atoms with Gasteiger partial charge in [0.15, 0.2) is 0 Å². The molecule has 0 N–H and O–H groups in total. The predicted octanol–water partition coefficient (Wildman–Crippen LogP) is 14.5. The third kappa shape index (κ3) is 4.62. The van der Waals surface area contributed by atoms with Crippen LogP contribution in [0.25, 0.3) is 60.6 Å². The highest BCUT2D eigenvalue weighted by Crippen LogP contribution is 2.59. The summed E-state index contributed by atoms with van der Waals surface area (Å²) in [6, 6.07) is 79.3. The molecule has 2 aromatic heterocycles. The van der Waals surface area contributed by atoms with Crippen molar-refractivity contribution in [2.24, 2.45) is 0 Å². The van der Waals surface area contributed by atoms with Gasteiger partial charge in [-0.25, -0.2) is 0 Å². The molecule has 1 aliphatic rings. The van der Waals surface area contributed by atoms with E-state index in [0.717, 1.165) is 50.3 Å². The quantitative estimate of drug-likeness (QED) is 0.169. The lowest BCUT2D eigenvalue weighted by Crippen LogP contribution is -2.30. The monoisotopic (exact) mass is 740 g/mol. The molecule has 0 aliphatic heterocycles. The number of benzene rings is 9. The molecule has 0 spiro atoms. The number of anilines is 3. The summed E-state index contributed by atoms with van der Waals surface area (Å²) in [5.74, 6) is 0. The normalized spacial score (nSPS) is 13.0. The summed E-state index contributed by atoms with van der Waals surface area (Å²) in [6.07, 6.45) is 0. The number of hydrogen-bond donors (Lipinski definition) is 0. The average molecular weight is 741 g/mol. The van der Waals surface area contributed by atoms with Gasteiger partial charge in [0.25, 0.3) is 0 Å². The van der Waals surface area contributed by atoms with Crippen LogP contribution in [-0.4, -0.2) is 4.57 Å². The Hall–Kier alpha value is -7.62. The molecule has 9 aromatic carbocycles. The van der Waals surface area contributed by atoms with E-state index in [0.29, 0.717) is 0 Å². The molecular formula is C55H36N2O. The molecule has 2 heterocycles. The van der Waals surface area contributed by atoms with E-state index in [1.807, 2.05) is 0 Å². The Morgan fingerprint density at radius 3 is 1.71 bits per heavy atom. The Morgan fingerprint density at radius 1 is 0.379 bits per heavy atom. The van der Waals surface area contributed by atoms with Crippen LogP contribution in [0.3, 0.4) is 0 Å². The molecule has 12 rings (SSSR count). The van der Waals surface area contributed by atoms with E-state index in [4.69, 9.17) is 4.42 Å². The minimum atomic E-state index is -0.669. The molecule has 58 heavy (non-hydrogen) atoms. The van der Waals surface area contributed by atoms with Gasteiger partial charge in [-0.2, -0.15) is 0 Å². The minimum Gasteiger partial charge on any atom is -0.456 e. The van der Waals surface area contributed by atoms with Crippen LogP contribution in [0.15, 0.2) is 223 Å². The zero-order chi connectivity index (χ0) is 38.2. The van der Waals surface area contributed by atoms with Crippen LogP contribution in [-0.2, 0) is 5.41 Å². The summed E-state index contributed by atoms with van der Waals surface area (Å²) < 4.78 is 9.17. The first-order valence-electron chi connectivity index (χ1n) is 19.9. The second-order valence-corrected chi connectivity index (χ2v) is 15.2. The molecule has 0 radical (unpaired) electrons. The van der Waals surface area contributed by atoms with E-state index in [9.17, 15) is 0 Å². The molecule has 0 fully saturated rings. The van der Waals surface area contributed by atoms with Gasteiger partial charge in [-0.05, 0) is 100 Å². The van der Waals surface area contributed by atoms with Crippen molar-refractivity contribution in [1.29, 1.82) is 0 Å². The number of hydrogen-bond acceptors (Lipinski definition) is 2. The van der Waals surface area contributed by atoms with E-state index >= 15 is 0 Å². The van der Waals surface area contributed by atoms with Crippen LogP contribution in [0.1, 0.15) is 22.3 Å². The average Bonchev–Trinajstić information content (AvgIpc) is 3.93. The lowest BCUT2D eigenvalue weighted by Gasteiger charge is -2.38. The fourth-order valence-electron chi connectivity index (χ4n) is 9.88. The topological polar surface area (TPSA) is 21.3 Å². The number of aromatic nitrogens is 1. The van der Waals surface area contributed by atoms with E-state index in [2.05, 4.69) is 228 Å². The molecular weight excluding hydrogens is 705 g/mol. The first-order valence-corrected chi connectivity index (χ1v) is 19.9. The van der Waals surface area contributed by atoms with Crippen LogP contribution in [0.5, 0.6) is 0 Å². The third-order valence-corrected chi connectivity index (χ3v) is 12.2. The molecule has 11 aromatic rings. The Morgan fingerprint density at radius 2 is 0.966 bits per heavy atom. The highest BCUT2D eigenvalue weighted by atomic mass is 16.3. The van der Waals surface area contributed by atoms with Crippen molar-refractivity contribution < 1.29 is 4.42 Å². The summed E-state index contributed by atoms with van der Waals surface area (Å²) in [5.41, 5.74) is 15.2. The molecule has 0 amide bonds. The van der Waals surface area contributed by atoms with E-state index in [1.165, 1.54) is 49.6 Å². The molecule has 0 unspecified atom stereocenters. The lowest BCUT2D eigenvalue weighted by molar-refractivity contribution is 0.665. The van der Waals surface area contributed by atoms with Crippen LogP contribution in [0.2, 0.25) is 0 Å². The van der Waals surface area contributed by atoms with Gasteiger partial charge in [0.1, 0.15) is 11.2 Å². The Labute approximate surface area is 336 Å². The van der Waals surface area contributed by atoms with Gasteiger partial charge in [-0.15, -0.1) is 0 Å². The van der Waals surface area contributed by atoms with Gasteiger partial charge in [0.2, 0.25) is 0 Å². The van der Waals surface area contributed by atoms with Crippen molar-refractivity contribution in [2.75, 3.05) is 4.90 Å². The predicted molar refractivity (Wildman–Crippen MR) is 240 cm³/mol. The summed E-state index contributed by atoms with van der Waals surface area (Å²) >= 11 is 0. The second kappa shape index (κ2) is 12.7. The van der Waals surface area contributed by atoms with Gasteiger partial charge in [-0.1, -0.05) is 152 Å². The summed E-state index contributed by atoms with van der Waals surface area (Å²) in [6.45, 7) is 0. The largest absolute Gasteiger partial charge is 0.456 e. The fourth-order valence-corrected chi connectivity index (χ4v) is 9.88. The number of fused-ring (bicyclic) bond motifs is 9. The molecule has 272 valence electrons. The van der Waals surface area contributed by atoms with E-state index in [1.54, 1.807) is 0 Å². The van der Waals surface area contributed by atoms with E-state index in [-0.39, 0.29) is 0 Å². The third-order valence-electron chi connectivity index (χ3n) is 12.2. The minimum absolute atomic E-state index is 0.669. The first kappa shape index (κ1) is 32.6. The zero-order valence-electron chi connectivity index (χ0n) is 31.6. The van der Waals surface area contributed by atoms with Crippen LogP contribution < -0.4 is 4.90 Å². The standard InChI is InChI=1S/C55H36N2O/c1-4-18-37(19-5-1)55(47-28-14-10-24-41(47)42-25-11-15-29-48(42)55)49-36-54-46(44-27-13-17-31-53(44)58-54)35-52(49)56(38-20-6-2-7-21-38)40-32-33-51-45(34-40)43-26-12-16-30-50(43)57(51)39-22-8-3-9-23-39/h1-36H. The molecule has 0 bridgehead atoms. The fraction of sp³-hybridized carbons (Fsp3) is 0.0182. The van der Waals surface area contributed by atoms with Crippen molar-refractivity contribution >= 4 is 60.8 Å². The van der Waals surface area contributed by atoms with Crippen molar-refractivity contribution in [3.05, 3.63) is 241 Å². The van der Waals surface area contributed by atoms with Crippen molar-refractivity contribution in [2.45, 2.75) is 5.41 Å². The van der Waals surface area contributed by atoms with Gasteiger partial charge < -0.3 is 13.9 Å². The van der Waals surface area contributed by atoms with Crippen LogP contribution >= 0.6 is 0 Å².